The van der Waals surface area contributed by atoms with E-state index in [-0.39, 0.29) is 0 Å². The summed E-state index contributed by atoms with van der Waals surface area (Å²) < 4.78 is 8.78. The van der Waals surface area contributed by atoms with Crippen molar-refractivity contribution in [1.82, 2.24) is 0 Å². The zero-order valence-electron chi connectivity index (χ0n) is 11.4. The topological polar surface area (TPSA) is 13.1 Å². The first kappa shape index (κ1) is 15.6. The molecule has 1 aromatic heterocycles. The Kier molecular flexibility index (Phi) is 9.13. The zero-order chi connectivity index (χ0) is 13.1. The number of pyridine rings is 1. The van der Waals surface area contributed by atoms with Gasteiger partial charge in [-0.3, -0.25) is 0 Å². The van der Waals surface area contributed by atoms with Gasteiger partial charge < -0.3 is 4.74 Å². The van der Waals surface area contributed by atoms with E-state index < -0.39 is 0 Å². The van der Waals surface area contributed by atoms with E-state index in [4.69, 9.17) is 4.74 Å². The quantitative estimate of drug-likeness (QED) is 0.459. The number of nitrogens with zero attached hydrogens (tertiary/aromatic N) is 1. The summed E-state index contributed by atoms with van der Waals surface area (Å²) in [4.78, 5) is 0. The standard InChI is InChI=1S/C15H25BrNO/c1-2-3-4-5-6-7-8-12-18-14-17-11-9-10-15(16)13-17/h9-11,13H,2-8,12,14H2,1H3/q+1. The molecular formula is C15H25BrNO+. The zero-order valence-corrected chi connectivity index (χ0v) is 13.0. The van der Waals surface area contributed by atoms with E-state index in [9.17, 15) is 0 Å². The van der Waals surface area contributed by atoms with Gasteiger partial charge in [-0.2, -0.15) is 4.57 Å². The van der Waals surface area contributed by atoms with Crippen LogP contribution < -0.4 is 4.57 Å². The Morgan fingerprint density at radius 2 is 1.83 bits per heavy atom. The lowest BCUT2D eigenvalue weighted by Gasteiger charge is -2.02. The van der Waals surface area contributed by atoms with Gasteiger partial charge in [0.2, 0.25) is 0 Å². The molecule has 102 valence electrons. The molecule has 0 radical (unpaired) electrons. The van der Waals surface area contributed by atoms with Gasteiger partial charge in [0, 0.05) is 6.07 Å². The third kappa shape index (κ3) is 7.83. The number of aromatic nitrogens is 1. The molecule has 0 bridgehead atoms. The lowest BCUT2D eigenvalue weighted by molar-refractivity contribution is -0.733. The van der Waals surface area contributed by atoms with Gasteiger partial charge in [-0.25, -0.2) is 0 Å². The molecule has 1 heterocycles. The lowest BCUT2D eigenvalue weighted by Crippen LogP contribution is -2.34. The van der Waals surface area contributed by atoms with Crippen LogP contribution in [0.4, 0.5) is 0 Å². The maximum absolute atomic E-state index is 5.64. The van der Waals surface area contributed by atoms with Crippen LogP contribution in [0.25, 0.3) is 0 Å². The Morgan fingerprint density at radius 3 is 2.56 bits per heavy atom. The smallest absolute Gasteiger partial charge is 0.252 e. The first-order valence-corrected chi connectivity index (χ1v) is 7.84. The molecule has 0 amide bonds. The highest BCUT2D eigenvalue weighted by molar-refractivity contribution is 9.10. The first-order chi connectivity index (χ1) is 8.83. The SMILES string of the molecule is CCCCCCCCCOC[n+]1cccc(Br)c1. The Hall–Kier alpha value is -0.410. The van der Waals surface area contributed by atoms with Crippen molar-refractivity contribution >= 4 is 15.9 Å². The molecule has 0 N–H and O–H groups in total. The van der Waals surface area contributed by atoms with Crippen molar-refractivity contribution < 1.29 is 9.30 Å². The van der Waals surface area contributed by atoms with E-state index in [1.54, 1.807) is 0 Å². The van der Waals surface area contributed by atoms with Crippen molar-refractivity contribution in [1.29, 1.82) is 0 Å². The van der Waals surface area contributed by atoms with Gasteiger partial charge in [0.15, 0.2) is 12.4 Å². The fourth-order valence-corrected chi connectivity index (χ4v) is 2.32. The van der Waals surface area contributed by atoms with Gasteiger partial charge in [-0.1, -0.05) is 45.4 Å². The minimum absolute atomic E-state index is 0.648. The van der Waals surface area contributed by atoms with Gasteiger partial charge >= 0.3 is 0 Å². The summed E-state index contributed by atoms with van der Waals surface area (Å²) in [6, 6.07) is 4.04. The van der Waals surface area contributed by atoms with Gasteiger partial charge in [0.1, 0.15) is 0 Å². The molecule has 0 aromatic carbocycles. The van der Waals surface area contributed by atoms with Crippen LogP contribution in [0.3, 0.4) is 0 Å². The van der Waals surface area contributed by atoms with Crippen LogP contribution in [0.15, 0.2) is 29.0 Å². The average molecular weight is 315 g/mol. The maximum Gasteiger partial charge on any atom is 0.252 e. The predicted molar refractivity (Wildman–Crippen MR) is 78.3 cm³/mol. The first-order valence-electron chi connectivity index (χ1n) is 7.05. The molecule has 0 atom stereocenters. The number of hydrogen-bond donors (Lipinski definition) is 0. The number of unbranched alkanes of at least 4 members (excludes halogenated alkanes) is 6. The average Bonchev–Trinajstić information content (AvgIpc) is 2.37. The Bertz CT molecular complexity index is 317. The molecule has 0 aliphatic heterocycles. The summed E-state index contributed by atoms with van der Waals surface area (Å²) >= 11 is 3.45. The molecule has 0 unspecified atom stereocenters. The van der Waals surface area contributed by atoms with Crippen LogP contribution in [-0.2, 0) is 11.5 Å². The van der Waals surface area contributed by atoms with E-state index in [0.717, 1.165) is 11.1 Å². The third-order valence-electron chi connectivity index (χ3n) is 2.95. The Balaban J connectivity index is 1.92. The fourth-order valence-electron chi connectivity index (χ4n) is 1.90. The molecule has 0 saturated carbocycles. The minimum Gasteiger partial charge on any atom is -0.323 e. The van der Waals surface area contributed by atoms with Gasteiger partial charge in [-0.15, -0.1) is 0 Å². The Morgan fingerprint density at radius 1 is 1.11 bits per heavy atom. The summed E-state index contributed by atoms with van der Waals surface area (Å²) in [5.74, 6) is 0. The van der Waals surface area contributed by atoms with Gasteiger partial charge in [0.05, 0.1) is 11.1 Å². The highest BCUT2D eigenvalue weighted by atomic mass is 79.9. The minimum atomic E-state index is 0.648. The maximum atomic E-state index is 5.64. The van der Waals surface area contributed by atoms with Gasteiger partial charge in [0.25, 0.3) is 6.73 Å². The van der Waals surface area contributed by atoms with E-state index >= 15 is 0 Å². The third-order valence-corrected chi connectivity index (χ3v) is 3.42. The fraction of sp³-hybridized carbons (Fsp3) is 0.667. The van der Waals surface area contributed by atoms with Crippen molar-refractivity contribution in [3.8, 4) is 0 Å². The van der Waals surface area contributed by atoms with E-state index in [1.807, 2.05) is 29.1 Å². The van der Waals surface area contributed by atoms with E-state index in [0.29, 0.717) is 6.73 Å². The molecule has 2 nitrogen and oxygen atoms in total. The highest BCUT2D eigenvalue weighted by Crippen LogP contribution is 2.07. The van der Waals surface area contributed by atoms with Gasteiger partial charge in [-0.05, 0) is 28.4 Å². The molecule has 1 aromatic rings. The Labute approximate surface area is 119 Å². The number of ether oxygens (including phenoxy) is 1. The molecule has 1 rings (SSSR count). The predicted octanol–water partition coefficient (Wildman–Crippen LogP) is 4.46. The number of halogens is 1. The van der Waals surface area contributed by atoms with Crippen LogP contribution in [0.1, 0.15) is 51.9 Å². The number of hydrogen-bond acceptors (Lipinski definition) is 1. The lowest BCUT2D eigenvalue weighted by atomic mass is 10.1. The second-order valence-electron chi connectivity index (χ2n) is 4.70. The van der Waals surface area contributed by atoms with Crippen LogP contribution in [0, 0.1) is 0 Å². The van der Waals surface area contributed by atoms with Crippen molar-refractivity contribution in [3.05, 3.63) is 29.0 Å². The van der Waals surface area contributed by atoms with Crippen molar-refractivity contribution in [2.24, 2.45) is 0 Å². The summed E-state index contributed by atoms with van der Waals surface area (Å²) in [5, 5.41) is 0. The molecule has 0 aliphatic rings. The summed E-state index contributed by atoms with van der Waals surface area (Å²) in [5.41, 5.74) is 0. The summed E-state index contributed by atoms with van der Waals surface area (Å²) in [6.45, 7) is 3.77. The van der Waals surface area contributed by atoms with Crippen molar-refractivity contribution in [2.75, 3.05) is 6.61 Å². The van der Waals surface area contributed by atoms with Crippen LogP contribution in [0.2, 0.25) is 0 Å². The van der Waals surface area contributed by atoms with Crippen LogP contribution in [-0.4, -0.2) is 6.61 Å². The highest BCUT2D eigenvalue weighted by Gasteiger charge is 2.00. The van der Waals surface area contributed by atoms with E-state index in [2.05, 4.69) is 22.9 Å². The van der Waals surface area contributed by atoms with Crippen LogP contribution in [0.5, 0.6) is 0 Å². The van der Waals surface area contributed by atoms with Crippen molar-refractivity contribution in [2.45, 2.75) is 58.6 Å². The van der Waals surface area contributed by atoms with Crippen LogP contribution >= 0.6 is 15.9 Å². The monoisotopic (exact) mass is 314 g/mol. The molecule has 0 aliphatic carbocycles. The second-order valence-corrected chi connectivity index (χ2v) is 5.61. The molecular weight excluding hydrogens is 290 g/mol. The number of rotatable bonds is 10. The summed E-state index contributed by atoms with van der Waals surface area (Å²) in [6.07, 6.45) is 13.4. The normalized spacial score (nSPS) is 10.8. The molecule has 0 saturated heterocycles. The molecule has 3 heteroatoms. The molecule has 0 spiro atoms. The van der Waals surface area contributed by atoms with E-state index in [1.165, 1.54) is 44.9 Å². The second kappa shape index (κ2) is 10.5. The summed E-state index contributed by atoms with van der Waals surface area (Å²) in [7, 11) is 0. The van der Waals surface area contributed by atoms with Crippen molar-refractivity contribution in [3.63, 3.8) is 0 Å². The molecule has 18 heavy (non-hydrogen) atoms. The molecule has 0 fully saturated rings. The largest absolute Gasteiger partial charge is 0.323 e.